The zero-order valence-corrected chi connectivity index (χ0v) is 23.2. The van der Waals surface area contributed by atoms with Gasteiger partial charge in [0, 0.05) is 0 Å². The molecule has 42 heavy (non-hydrogen) atoms. The maximum absolute atomic E-state index is 12.9. The summed E-state index contributed by atoms with van der Waals surface area (Å²) in [4.78, 5) is 6.46. The molecule has 0 unspecified atom stereocenters. The van der Waals surface area contributed by atoms with E-state index >= 15 is 0 Å². The minimum Gasteiger partial charge on any atom is -0.236 e. The van der Waals surface area contributed by atoms with E-state index in [1.165, 1.54) is 24.3 Å². The molecule has 0 aliphatic heterocycles. The summed E-state index contributed by atoms with van der Waals surface area (Å²) in [7, 11) is 3.74. The first-order valence-electron chi connectivity index (χ1n) is 13.1. The third-order valence-corrected chi connectivity index (χ3v) is 7.34. The van der Waals surface area contributed by atoms with Crippen molar-refractivity contribution in [2.24, 2.45) is 14.1 Å². The Morgan fingerprint density at radius 3 is 1.45 bits per heavy atom. The zero-order chi connectivity index (χ0) is 30.4. The van der Waals surface area contributed by atoms with Crippen LogP contribution in [0.5, 0.6) is 0 Å². The van der Waals surface area contributed by atoms with Gasteiger partial charge in [-0.05, 0) is 79.6 Å². The van der Waals surface area contributed by atoms with Crippen molar-refractivity contribution in [1.29, 1.82) is 0 Å². The molecule has 0 saturated heterocycles. The van der Waals surface area contributed by atoms with E-state index in [1.54, 1.807) is 13.8 Å². The van der Waals surface area contributed by atoms with Gasteiger partial charge in [-0.2, -0.15) is 26.3 Å². The van der Waals surface area contributed by atoms with Crippen molar-refractivity contribution in [1.82, 2.24) is 9.97 Å². The average Bonchev–Trinajstić information content (AvgIpc) is 3.45. The fourth-order valence-electron chi connectivity index (χ4n) is 5.06. The van der Waals surface area contributed by atoms with Crippen LogP contribution in [0.1, 0.15) is 22.3 Å². The summed E-state index contributed by atoms with van der Waals surface area (Å²) < 4.78 is 80.7. The number of alkyl halides is 6. The van der Waals surface area contributed by atoms with Crippen molar-refractivity contribution in [2.45, 2.75) is 26.2 Å². The largest absolute Gasteiger partial charge is 0.416 e. The number of nitrogens with one attached hydrogen (secondary N) is 2. The molecule has 0 atom stereocenters. The van der Waals surface area contributed by atoms with E-state index < -0.39 is 23.5 Å². The maximum atomic E-state index is 12.9. The lowest BCUT2D eigenvalue weighted by atomic mass is 10.0. The molecular formula is C32H28F6N4+2. The Kier molecular flexibility index (Phi) is 7.34. The van der Waals surface area contributed by atoms with E-state index in [9.17, 15) is 26.3 Å². The Balaban J connectivity index is 0.000000168. The lowest BCUT2D eigenvalue weighted by Crippen LogP contribution is -2.29. The highest BCUT2D eigenvalue weighted by molar-refractivity contribution is 5.76. The van der Waals surface area contributed by atoms with Crippen LogP contribution < -0.4 is 9.13 Å². The monoisotopic (exact) mass is 582 g/mol. The lowest BCUT2D eigenvalue weighted by Gasteiger charge is -2.09. The molecule has 216 valence electrons. The molecular weight excluding hydrogens is 554 g/mol. The molecule has 4 aromatic carbocycles. The van der Waals surface area contributed by atoms with Gasteiger partial charge < -0.3 is 0 Å². The minimum absolute atomic E-state index is 0.559. The van der Waals surface area contributed by atoms with Crippen LogP contribution in [0.2, 0.25) is 0 Å². The van der Waals surface area contributed by atoms with Crippen LogP contribution in [-0.2, 0) is 26.4 Å². The molecule has 0 aliphatic carbocycles. The van der Waals surface area contributed by atoms with Gasteiger partial charge in [-0.15, -0.1) is 0 Å². The number of rotatable bonds is 2. The van der Waals surface area contributed by atoms with Crippen molar-refractivity contribution < 1.29 is 35.5 Å². The molecule has 0 amide bonds. The zero-order valence-electron chi connectivity index (χ0n) is 23.2. The van der Waals surface area contributed by atoms with Crippen LogP contribution in [0.25, 0.3) is 44.8 Å². The number of aryl methyl sites for hydroxylation is 4. The molecule has 10 heteroatoms. The average molecular weight is 583 g/mol. The van der Waals surface area contributed by atoms with Gasteiger partial charge in [0.05, 0.1) is 36.3 Å². The number of H-pyrrole nitrogens is 2. The molecule has 0 spiro atoms. The predicted octanol–water partition coefficient (Wildman–Crippen LogP) is 7.97. The molecule has 6 rings (SSSR count). The molecule has 2 aromatic heterocycles. The second-order valence-electron chi connectivity index (χ2n) is 10.2. The van der Waals surface area contributed by atoms with Gasteiger partial charge in [0.15, 0.2) is 22.1 Å². The molecule has 0 bridgehead atoms. The van der Waals surface area contributed by atoms with Gasteiger partial charge in [-0.3, -0.25) is 0 Å². The number of aromatic amines is 2. The summed E-state index contributed by atoms with van der Waals surface area (Å²) in [5.74, 6) is 1.46. The molecule has 0 aliphatic rings. The highest BCUT2D eigenvalue weighted by atomic mass is 19.4. The molecule has 0 saturated carbocycles. The van der Waals surface area contributed by atoms with E-state index in [0.29, 0.717) is 17.0 Å². The number of imidazole rings is 2. The van der Waals surface area contributed by atoms with E-state index in [-0.39, 0.29) is 0 Å². The molecule has 0 radical (unpaired) electrons. The first kappa shape index (κ1) is 28.9. The number of hydrogen-bond donors (Lipinski definition) is 2. The third kappa shape index (κ3) is 5.48. The van der Waals surface area contributed by atoms with Crippen LogP contribution in [0.4, 0.5) is 26.3 Å². The van der Waals surface area contributed by atoms with Crippen LogP contribution in [0.15, 0.2) is 84.9 Å². The molecule has 2 heterocycles. The first-order valence-corrected chi connectivity index (χ1v) is 13.1. The molecule has 0 fully saturated rings. The Morgan fingerprint density at radius 2 is 0.976 bits per heavy atom. The summed E-state index contributed by atoms with van der Waals surface area (Å²) in [5.41, 5.74) is 5.25. The minimum atomic E-state index is -4.34. The van der Waals surface area contributed by atoms with E-state index in [0.717, 1.165) is 51.2 Å². The maximum Gasteiger partial charge on any atom is 0.416 e. The fourth-order valence-corrected chi connectivity index (χ4v) is 5.06. The number of hydrogen-bond acceptors (Lipinski definition) is 0. The number of nitrogens with zero attached hydrogens (tertiary/aromatic N) is 2. The normalized spacial score (nSPS) is 12.0. The van der Waals surface area contributed by atoms with Gasteiger partial charge in [-0.25, -0.2) is 19.1 Å². The van der Waals surface area contributed by atoms with Crippen molar-refractivity contribution in [3.05, 3.63) is 107 Å². The van der Waals surface area contributed by atoms with Crippen LogP contribution >= 0.6 is 0 Å². The summed E-state index contributed by atoms with van der Waals surface area (Å²) in [6.45, 7) is 3.50. The highest BCUT2D eigenvalue weighted by Gasteiger charge is 2.33. The SMILES string of the molecule is Cc1cc(C(F)(F)F)ccc1-c1[nH]c2ccccc2[n+]1C.Cc1ccc(C(F)(F)F)cc1-c1[nH]c2ccccc2[n+]1C. The number of fused-ring (bicyclic) bond motifs is 2. The van der Waals surface area contributed by atoms with Crippen molar-refractivity contribution in [3.63, 3.8) is 0 Å². The number of benzene rings is 4. The summed E-state index contributed by atoms with van der Waals surface area (Å²) in [5, 5.41) is 0. The molecule has 2 N–H and O–H groups in total. The van der Waals surface area contributed by atoms with Crippen molar-refractivity contribution >= 4 is 22.1 Å². The fraction of sp³-hybridized carbons (Fsp3) is 0.188. The van der Waals surface area contributed by atoms with E-state index in [4.69, 9.17) is 0 Å². The third-order valence-electron chi connectivity index (χ3n) is 7.34. The lowest BCUT2D eigenvalue weighted by molar-refractivity contribution is -0.633. The standard InChI is InChI=1S/2C16H13F3N2/c1-10-9-11(16(17,18)19)7-8-12(10)15-20-13-5-3-4-6-14(13)21(15)2;1-10-7-8-11(16(17,18)19)9-12(10)15-20-13-5-3-4-6-14(13)21(15)2/h2*3-9H,1-2H3/p+2. The Labute approximate surface area is 237 Å². The Hall–Kier alpha value is -4.60. The smallest absolute Gasteiger partial charge is 0.236 e. The second kappa shape index (κ2) is 10.7. The summed E-state index contributed by atoms with van der Waals surface area (Å²) in [6.07, 6.45) is -8.65. The topological polar surface area (TPSA) is 39.3 Å². The van der Waals surface area contributed by atoms with Crippen molar-refractivity contribution in [3.8, 4) is 22.8 Å². The van der Waals surface area contributed by atoms with Crippen LogP contribution in [0, 0.1) is 13.8 Å². The molecule has 6 aromatic rings. The van der Waals surface area contributed by atoms with E-state index in [2.05, 4.69) is 9.97 Å². The molecule has 4 nitrogen and oxygen atoms in total. The Bertz CT molecular complexity index is 1910. The first-order chi connectivity index (χ1) is 19.8. The van der Waals surface area contributed by atoms with Crippen LogP contribution in [0.3, 0.4) is 0 Å². The second-order valence-corrected chi connectivity index (χ2v) is 10.2. The highest BCUT2D eigenvalue weighted by Crippen LogP contribution is 2.34. The van der Waals surface area contributed by atoms with Gasteiger partial charge in [-0.1, -0.05) is 30.3 Å². The number of para-hydroxylation sites is 4. The van der Waals surface area contributed by atoms with Gasteiger partial charge >= 0.3 is 12.4 Å². The quantitative estimate of drug-likeness (QED) is 0.154. The van der Waals surface area contributed by atoms with Crippen LogP contribution in [-0.4, -0.2) is 9.97 Å². The van der Waals surface area contributed by atoms with Gasteiger partial charge in [0.25, 0.3) is 11.6 Å². The van der Waals surface area contributed by atoms with Gasteiger partial charge in [0.2, 0.25) is 0 Å². The Morgan fingerprint density at radius 1 is 0.524 bits per heavy atom. The number of halogens is 6. The summed E-state index contributed by atoms with van der Waals surface area (Å²) >= 11 is 0. The van der Waals surface area contributed by atoms with Gasteiger partial charge in [0.1, 0.15) is 0 Å². The predicted molar refractivity (Wildman–Crippen MR) is 149 cm³/mol. The van der Waals surface area contributed by atoms with E-state index in [1.807, 2.05) is 71.8 Å². The number of aromatic nitrogens is 4. The van der Waals surface area contributed by atoms with Crippen molar-refractivity contribution in [2.75, 3.05) is 0 Å². The summed E-state index contributed by atoms with van der Waals surface area (Å²) in [6, 6.07) is 23.0.